The Morgan fingerprint density at radius 1 is 0.590 bits per heavy atom. The molecule has 0 heterocycles. The zero-order valence-corrected chi connectivity index (χ0v) is 20.7. The van der Waals surface area contributed by atoms with Crippen LogP contribution in [-0.2, 0) is 16.5 Å². The summed E-state index contributed by atoms with van der Waals surface area (Å²) < 4.78 is 9.91. The Balaban J connectivity index is 0.000000267. The number of aromatic hydroxyl groups is 1. The second kappa shape index (κ2) is 14.0. The Bertz CT molecular complexity index is 1390. The summed E-state index contributed by atoms with van der Waals surface area (Å²) in [5, 5.41) is 40.8. The molecule has 11 heteroatoms. The van der Waals surface area contributed by atoms with Crippen molar-refractivity contribution in [1.29, 1.82) is 0 Å². The molecule has 4 aromatic carbocycles. The molecule has 0 aromatic heterocycles. The monoisotopic (exact) mass is 572 g/mol. The SMILES string of the molecule is O=C(Oc1ccccc1C(=O)O)c1ccccc1O.O=C(Oc1ccccc1C(=O)[O-])c1ccccc1[O-].[Ni+2]. The van der Waals surface area contributed by atoms with Crippen LogP contribution in [0.5, 0.6) is 23.0 Å². The molecule has 0 unspecified atom stereocenters. The van der Waals surface area contributed by atoms with Crippen LogP contribution < -0.4 is 19.7 Å². The normalized spacial score (nSPS) is 9.64. The molecular formula is C28H18NiO10. The molecule has 0 bridgehead atoms. The maximum atomic E-state index is 11.8. The molecular weight excluding hydrogens is 555 g/mol. The van der Waals surface area contributed by atoms with Gasteiger partial charge in [0, 0.05) is 5.56 Å². The predicted molar refractivity (Wildman–Crippen MR) is 128 cm³/mol. The number of hydrogen-bond donors (Lipinski definition) is 2. The van der Waals surface area contributed by atoms with Crippen molar-refractivity contribution < 1.29 is 65.6 Å². The summed E-state index contributed by atoms with van der Waals surface area (Å²) in [6.45, 7) is 0. The number of phenolic OH excluding ortho intramolecular Hbond substituents is 1. The third-order valence-corrected chi connectivity index (χ3v) is 4.86. The molecule has 4 rings (SSSR count). The van der Waals surface area contributed by atoms with Gasteiger partial charge in [-0.3, -0.25) is 0 Å². The molecule has 0 aliphatic heterocycles. The molecule has 4 aromatic rings. The molecule has 0 aliphatic rings. The summed E-state index contributed by atoms with van der Waals surface area (Å²) in [7, 11) is 0. The first-order valence-corrected chi connectivity index (χ1v) is 10.8. The molecule has 0 saturated carbocycles. The first-order valence-electron chi connectivity index (χ1n) is 10.8. The van der Waals surface area contributed by atoms with Crippen LogP contribution in [-0.4, -0.2) is 34.1 Å². The summed E-state index contributed by atoms with van der Waals surface area (Å²) >= 11 is 0. The third-order valence-electron chi connectivity index (χ3n) is 4.86. The Hall–Kier alpha value is -5.15. The number of esters is 2. The molecule has 2 N–H and O–H groups in total. The number of para-hydroxylation sites is 4. The quantitative estimate of drug-likeness (QED) is 0.198. The zero-order chi connectivity index (χ0) is 27.7. The van der Waals surface area contributed by atoms with Crippen molar-refractivity contribution in [1.82, 2.24) is 0 Å². The molecule has 0 aliphatic carbocycles. The number of phenols is 1. The topological polar surface area (TPSA) is 173 Å². The van der Waals surface area contributed by atoms with Gasteiger partial charge in [0.25, 0.3) is 0 Å². The number of carbonyl (C=O) groups excluding carboxylic acids is 3. The number of hydrogen-bond acceptors (Lipinski definition) is 9. The van der Waals surface area contributed by atoms with Crippen molar-refractivity contribution in [2.75, 3.05) is 0 Å². The standard InChI is InChI=1S/2C14H10O5.Ni/c2*15-11-7-3-1-5-9(11)14(18)19-12-8-4-2-6-10(12)13(16)17;/h2*1-8,15H,(H,16,17);/q;;+2/p-2. The van der Waals surface area contributed by atoms with E-state index in [1.165, 1.54) is 78.9 Å². The van der Waals surface area contributed by atoms with Crippen LogP contribution >= 0.6 is 0 Å². The predicted octanol–water partition coefficient (Wildman–Crippen LogP) is 2.65. The van der Waals surface area contributed by atoms with Crippen LogP contribution in [0, 0.1) is 0 Å². The number of carbonyl (C=O) groups is 4. The van der Waals surface area contributed by atoms with E-state index in [-0.39, 0.29) is 56.0 Å². The van der Waals surface area contributed by atoms with E-state index in [0.717, 1.165) is 0 Å². The number of carboxylic acids is 2. The van der Waals surface area contributed by atoms with Gasteiger partial charge in [-0.25, -0.2) is 14.4 Å². The third kappa shape index (κ3) is 7.92. The van der Waals surface area contributed by atoms with Crippen LogP contribution in [0.25, 0.3) is 0 Å². The molecule has 10 nitrogen and oxygen atoms in total. The minimum absolute atomic E-state index is 0. The van der Waals surface area contributed by atoms with Gasteiger partial charge in [-0.05, 0) is 42.5 Å². The van der Waals surface area contributed by atoms with Crippen molar-refractivity contribution in [2.45, 2.75) is 0 Å². The van der Waals surface area contributed by atoms with Gasteiger partial charge in [0.05, 0.1) is 11.5 Å². The van der Waals surface area contributed by atoms with E-state index in [1.807, 2.05) is 0 Å². The second-order valence-electron chi connectivity index (χ2n) is 7.38. The number of carboxylic acid groups (broad SMARTS) is 2. The van der Waals surface area contributed by atoms with Crippen LogP contribution in [0.4, 0.5) is 0 Å². The van der Waals surface area contributed by atoms with E-state index in [0.29, 0.717) is 0 Å². The Morgan fingerprint density at radius 2 is 1.00 bits per heavy atom. The molecule has 0 fully saturated rings. The van der Waals surface area contributed by atoms with E-state index in [2.05, 4.69) is 0 Å². The average Bonchev–Trinajstić information content (AvgIpc) is 2.90. The molecule has 200 valence electrons. The van der Waals surface area contributed by atoms with Crippen molar-refractivity contribution >= 4 is 23.9 Å². The average molecular weight is 573 g/mol. The fourth-order valence-corrected chi connectivity index (χ4v) is 3.05. The van der Waals surface area contributed by atoms with Crippen LogP contribution in [0.3, 0.4) is 0 Å². The van der Waals surface area contributed by atoms with E-state index < -0.39 is 29.6 Å². The zero-order valence-electron chi connectivity index (χ0n) is 19.7. The largest absolute Gasteiger partial charge is 2.00 e. The molecule has 0 radical (unpaired) electrons. The van der Waals surface area contributed by atoms with Crippen molar-refractivity contribution in [3.63, 3.8) is 0 Å². The van der Waals surface area contributed by atoms with E-state index >= 15 is 0 Å². The Kier molecular flexibility index (Phi) is 10.8. The van der Waals surface area contributed by atoms with Gasteiger partial charge in [0.15, 0.2) is 0 Å². The van der Waals surface area contributed by atoms with Crippen molar-refractivity contribution in [3.8, 4) is 23.0 Å². The maximum absolute atomic E-state index is 11.8. The van der Waals surface area contributed by atoms with Gasteiger partial charge in [-0.1, -0.05) is 60.3 Å². The van der Waals surface area contributed by atoms with Crippen LogP contribution in [0.2, 0.25) is 0 Å². The van der Waals surface area contributed by atoms with Gasteiger partial charge < -0.3 is 34.7 Å². The van der Waals surface area contributed by atoms with E-state index in [1.54, 1.807) is 18.2 Å². The fraction of sp³-hybridized carbons (Fsp3) is 0. The van der Waals surface area contributed by atoms with Gasteiger partial charge in [0.2, 0.25) is 0 Å². The molecule has 39 heavy (non-hydrogen) atoms. The summed E-state index contributed by atoms with van der Waals surface area (Å²) in [5.41, 5.74) is -0.552. The number of benzene rings is 4. The van der Waals surface area contributed by atoms with E-state index in [4.69, 9.17) is 14.6 Å². The van der Waals surface area contributed by atoms with E-state index in [9.17, 15) is 34.5 Å². The van der Waals surface area contributed by atoms with Crippen molar-refractivity contribution in [2.24, 2.45) is 0 Å². The minimum atomic E-state index is -1.46. The van der Waals surface area contributed by atoms with Crippen LogP contribution in [0.1, 0.15) is 41.4 Å². The summed E-state index contributed by atoms with van der Waals surface area (Å²) in [4.78, 5) is 45.4. The van der Waals surface area contributed by atoms with Gasteiger partial charge in [0.1, 0.15) is 28.4 Å². The summed E-state index contributed by atoms with van der Waals surface area (Å²) in [6.07, 6.45) is 0. The molecule has 0 spiro atoms. The minimum Gasteiger partial charge on any atom is -0.872 e. The molecule has 0 saturated heterocycles. The first kappa shape index (κ1) is 30.1. The molecule has 0 atom stereocenters. The van der Waals surface area contributed by atoms with Gasteiger partial charge >= 0.3 is 34.4 Å². The second-order valence-corrected chi connectivity index (χ2v) is 7.38. The number of aromatic carboxylic acids is 2. The smallest absolute Gasteiger partial charge is 0.872 e. The Morgan fingerprint density at radius 3 is 1.51 bits per heavy atom. The summed E-state index contributed by atoms with van der Waals surface area (Å²) in [5.74, 6) is -5.30. The first-order chi connectivity index (χ1) is 18.2. The fourth-order valence-electron chi connectivity index (χ4n) is 3.05. The van der Waals surface area contributed by atoms with Gasteiger partial charge in [-0.2, -0.15) is 0 Å². The number of rotatable bonds is 6. The van der Waals surface area contributed by atoms with Crippen molar-refractivity contribution in [3.05, 3.63) is 119 Å². The molecule has 0 amide bonds. The van der Waals surface area contributed by atoms with Gasteiger partial charge in [-0.15, -0.1) is 0 Å². The number of ether oxygens (including phenoxy) is 2. The van der Waals surface area contributed by atoms with Crippen LogP contribution in [0.15, 0.2) is 97.1 Å². The summed E-state index contributed by atoms with van der Waals surface area (Å²) in [6, 6.07) is 22.8. The Labute approximate surface area is 231 Å². The maximum Gasteiger partial charge on any atom is 2.00 e.